The summed E-state index contributed by atoms with van der Waals surface area (Å²) in [6.45, 7) is -0.481. The minimum Gasteiger partial charge on any atom is -0.480 e. The Labute approximate surface area is 198 Å². The molecule has 0 unspecified atom stereocenters. The highest BCUT2D eigenvalue weighted by molar-refractivity contribution is 6.32. The Morgan fingerprint density at radius 3 is 2.15 bits per heavy atom. The third kappa shape index (κ3) is 7.41. The van der Waals surface area contributed by atoms with Gasteiger partial charge in [-0.05, 0) is 72.5 Å². The topological polar surface area (TPSA) is 87.7 Å². The number of nitrogens with one attached hydrogen (secondary N) is 2. The largest absolute Gasteiger partial charge is 0.480 e. The maximum atomic E-state index is 12.6. The van der Waals surface area contributed by atoms with E-state index >= 15 is 0 Å². The first kappa shape index (κ1) is 24.9. The zero-order valence-corrected chi connectivity index (χ0v) is 18.4. The van der Waals surface area contributed by atoms with Crippen molar-refractivity contribution in [3.05, 3.63) is 88.4 Å². The van der Waals surface area contributed by atoms with Gasteiger partial charge in [0.25, 0.3) is 0 Å². The van der Waals surface area contributed by atoms with Crippen LogP contribution in [-0.4, -0.2) is 23.7 Å². The highest BCUT2D eigenvalue weighted by atomic mass is 35.5. The SMILES string of the molecule is O=C(O)COc1ccc(CCc2cccc(NC(=O)Nc3ccc(C(F)(F)F)cc3)c2)cc1Cl. The molecule has 10 heteroatoms. The minimum atomic E-state index is -4.44. The number of urea groups is 1. The van der Waals surface area contributed by atoms with Crippen LogP contribution in [0.4, 0.5) is 29.3 Å². The molecule has 0 aromatic heterocycles. The average molecular weight is 493 g/mol. The standard InChI is InChI=1S/C24H20ClF3N2O4/c25-20-13-16(6-11-21(20)34-14-22(31)32)5-4-15-2-1-3-19(12-15)30-23(33)29-18-9-7-17(8-10-18)24(26,27)28/h1-3,6-13H,4-5,14H2,(H,31,32)(H2,29,30,33). The molecule has 0 spiro atoms. The van der Waals surface area contributed by atoms with Crippen LogP contribution in [0, 0.1) is 0 Å². The summed E-state index contributed by atoms with van der Waals surface area (Å²) in [5.74, 6) is -0.806. The normalized spacial score (nSPS) is 11.1. The molecule has 0 atom stereocenters. The van der Waals surface area contributed by atoms with E-state index < -0.39 is 30.3 Å². The number of aryl methyl sites for hydroxylation is 2. The average Bonchev–Trinajstić information content (AvgIpc) is 2.77. The minimum absolute atomic E-state index is 0.231. The van der Waals surface area contributed by atoms with Crippen LogP contribution in [0.2, 0.25) is 5.02 Å². The monoisotopic (exact) mass is 492 g/mol. The van der Waals surface area contributed by atoms with Crippen LogP contribution in [0.1, 0.15) is 16.7 Å². The van der Waals surface area contributed by atoms with Crippen molar-refractivity contribution in [2.45, 2.75) is 19.0 Å². The van der Waals surface area contributed by atoms with E-state index in [1.807, 2.05) is 6.07 Å². The summed E-state index contributed by atoms with van der Waals surface area (Å²) >= 11 is 6.15. The van der Waals surface area contributed by atoms with E-state index in [0.29, 0.717) is 23.6 Å². The molecule has 0 saturated heterocycles. The van der Waals surface area contributed by atoms with Gasteiger partial charge in [0.1, 0.15) is 5.75 Å². The summed E-state index contributed by atoms with van der Waals surface area (Å²) in [7, 11) is 0. The molecule has 3 rings (SSSR count). The van der Waals surface area contributed by atoms with Gasteiger partial charge in [0, 0.05) is 11.4 Å². The molecule has 0 bridgehead atoms. The number of alkyl halides is 3. The molecule has 3 aromatic carbocycles. The summed E-state index contributed by atoms with van der Waals surface area (Å²) in [4.78, 5) is 22.8. The Bertz CT molecular complexity index is 1170. The first-order valence-corrected chi connectivity index (χ1v) is 10.4. The number of carbonyl (C=O) groups excluding carboxylic acids is 1. The zero-order chi connectivity index (χ0) is 24.7. The fraction of sp³-hybridized carbons (Fsp3) is 0.167. The summed E-state index contributed by atoms with van der Waals surface area (Å²) in [5.41, 5.74) is 1.82. The maximum absolute atomic E-state index is 12.6. The van der Waals surface area contributed by atoms with Gasteiger partial charge >= 0.3 is 18.2 Å². The van der Waals surface area contributed by atoms with Crippen LogP contribution in [0.3, 0.4) is 0 Å². The number of rotatable bonds is 8. The van der Waals surface area contributed by atoms with Crippen LogP contribution in [0.25, 0.3) is 0 Å². The third-order valence-corrected chi connectivity index (χ3v) is 5.00. The lowest BCUT2D eigenvalue weighted by Gasteiger charge is -2.11. The Morgan fingerprint density at radius 1 is 0.882 bits per heavy atom. The van der Waals surface area contributed by atoms with Gasteiger partial charge in [-0.15, -0.1) is 0 Å². The van der Waals surface area contributed by atoms with Crippen molar-refractivity contribution in [2.24, 2.45) is 0 Å². The van der Waals surface area contributed by atoms with Crippen molar-refractivity contribution in [1.29, 1.82) is 0 Å². The van der Waals surface area contributed by atoms with E-state index in [1.54, 1.807) is 36.4 Å². The molecular weight excluding hydrogens is 473 g/mol. The van der Waals surface area contributed by atoms with Crippen LogP contribution in [0.5, 0.6) is 5.75 Å². The van der Waals surface area contributed by atoms with Gasteiger partial charge in [0.15, 0.2) is 6.61 Å². The Balaban J connectivity index is 1.55. The molecule has 34 heavy (non-hydrogen) atoms. The van der Waals surface area contributed by atoms with Crippen molar-refractivity contribution in [2.75, 3.05) is 17.2 Å². The van der Waals surface area contributed by atoms with Crippen molar-refractivity contribution >= 4 is 35.0 Å². The van der Waals surface area contributed by atoms with Gasteiger partial charge < -0.3 is 20.5 Å². The molecule has 0 radical (unpaired) electrons. The number of hydrogen-bond donors (Lipinski definition) is 3. The number of carboxylic acid groups (broad SMARTS) is 1. The third-order valence-electron chi connectivity index (χ3n) is 4.70. The number of anilines is 2. The molecule has 0 heterocycles. The van der Waals surface area contributed by atoms with Gasteiger partial charge in [-0.2, -0.15) is 13.2 Å². The van der Waals surface area contributed by atoms with E-state index in [4.69, 9.17) is 21.4 Å². The maximum Gasteiger partial charge on any atom is 0.416 e. The molecule has 2 amide bonds. The Morgan fingerprint density at radius 2 is 1.53 bits per heavy atom. The van der Waals surface area contributed by atoms with Crippen molar-refractivity contribution in [1.82, 2.24) is 0 Å². The molecule has 3 N–H and O–H groups in total. The van der Waals surface area contributed by atoms with Crippen molar-refractivity contribution in [3.63, 3.8) is 0 Å². The second kappa shape index (κ2) is 10.9. The Kier molecular flexibility index (Phi) is 8.01. The number of halogens is 4. The zero-order valence-electron chi connectivity index (χ0n) is 17.7. The van der Waals surface area contributed by atoms with Gasteiger partial charge in [-0.3, -0.25) is 0 Å². The van der Waals surface area contributed by atoms with Crippen LogP contribution >= 0.6 is 11.6 Å². The van der Waals surface area contributed by atoms with E-state index in [9.17, 15) is 22.8 Å². The fourth-order valence-electron chi connectivity index (χ4n) is 3.09. The summed E-state index contributed by atoms with van der Waals surface area (Å²) in [6, 6.07) is 15.8. The smallest absolute Gasteiger partial charge is 0.416 e. The van der Waals surface area contributed by atoms with Crippen molar-refractivity contribution in [3.8, 4) is 5.75 Å². The number of benzene rings is 3. The number of aliphatic carboxylic acids is 1. The van der Waals surface area contributed by atoms with E-state index in [0.717, 1.165) is 23.3 Å². The molecule has 178 valence electrons. The van der Waals surface area contributed by atoms with Crippen LogP contribution in [-0.2, 0) is 23.8 Å². The fourth-order valence-corrected chi connectivity index (χ4v) is 3.34. The van der Waals surface area contributed by atoms with Crippen molar-refractivity contribution < 1.29 is 32.6 Å². The highest BCUT2D eigenvalue weighted by Gasteiger charge is 2.30. The lowest BCUT2D eigenvalue weighted by Crippen LogP contribution is -2.19. The molecule has 0 aliphatic heterocycles. The second-order valence-electron chi connectivity index (χ2n) is 7.30. The molecule has 0 saturated carbocycles. The van der Waals surface area contributed by atoms with E-state index in [-0.39, 0.29) is 11.4 Å². The number of amides is 2. The Hall–Kier alpha value is -3.72. The first-order valence-electron chi connectivity index (χ1n) is 10.1. The van der Waals surface area contributed by atoms with Crippen LogP contribution in [0.15, 0.2) is 66.7 Å². The van der Waals surface area contributed by atoms with Gasteiger partial charge in [0.2, 0.25) is 0 Å². The lowest BCUT2D eigenvalue weighted by atomic mass is 10.0. The lowest BCUT2D eigenvalue weighted by molar-refractivity contribution is -0.139. The van der Waals surface area contributed by atoms with Gasteiger partial charge in [-0.25, -0.2) is 9.59 Å². The number of carboxylic acids is 1. The van der Waals surface area contributed by atoms with Gasteiger partial charge in [0.05, 0.1) is 10.6 Å². The summed E-state index contributed by atoms with van der Waals surface area (Å²) in [6.07, 6.45) is -3.16. The quantitative estimate of drug-likeness (QED) is 0.347. The van der Waals surface area contributed by atoms with E-state index in [2.05, 4.69) is 10.6 Å². The number of ether oxygens (including phenoxy) is 1. The van der Waals surface area contributed by atoms with E-state index in [1.165, 1.54) is 12.1 Å². The summed E-state index contributed by atoms with van der Waals surface area (Å²) < 4.78 is 43.0. The number of carbonyl (C=O) groups is 2. The molecular formula is C24H20ClF3N2O4. The molecule has 0 aliphatic rings. The molecule has 0 aliphatic carbocycles. The second-order valence-corrected chi connectivity index (χ2v) is 7.71. The molecule has 0 fully saturated rings. The van der Waals surface area contributed by atoms with Gasteiger partial charge in [-0.1, -0.05) is 29.8 Å². The predicted molar refractivity (Wildman–Crippen MR) is 123 cm³/mol. The highest BCUT2D eigenvalue weighted by Crippen LogP contribution is 2.30. The summed E-state index contributed by atoms with van der Waals surface area (Å²) in [5, 5.41) is 14.1. The molecule has 3 aromatic rings. The van der Waals surface area contributed by atoms with Crippen LogP contribution < -0.4 is 15.4 Å². The molecule has 6 nitrogen and oxygen atoms in total. The number of hydrogen-bond acceptors (Lipinski definition) is 3. The first-order chi connectivity index (χ1) is 16.1. The predicted octanol–water partition coefficient (Wildman–Crippen LogP) is 6.25.